The first-order valence-corrected chi connectivity index (χ1v) is 16.2. The molecular weight excluding hydrogens is 619 g/mol. The van der Waals surface area contributed by atoms with Gasteiger partial charge in [0.2, 0.25) is 0 Å². The summed E-state index contributed by atoms with van der Waals surface area (Å²) in [5, 5.41) is 3.70. The molecule has 234 valence electrons. The number of ketones is 2. The highest BCUT2D eigenvalue weighted by molar-refractivity contribution is 6.37. The molecule has 0 saturated heterocycles. The minimum absolute atomic E-state index is 0.0481. The van der Waals surface area contributed by atoms with Crippen LogP contribution in [0, 0.1) is 17.8 Å². The van der Waals surface area contributed by atoms with Crippen LogP contribution in [0.3, 0.4) is 0 Å². The number of carbonyl (C=O) groups is 3. The molecule has 6 nitrogen and oxygen atoms in total. The number of aryl methyl sites for hydroxylation is 1. The number of hydrogen-bond acceptors (Lipinski definition) is 5. The number of amides is 1. The lowest BCUT2D eigenvalue weighted by atomic mass is 9.63. The second-order valence-corrected chi connectivity index (χ2v) is 15.0. The predicted molar refractivity (Wildman–Crippen MR) is 177 cm³/mol. The van der Waals surface area contributed by atoms with Crippen LogP contribution in [0.25, 0.3) is 0 Å². The Morgan fingerprint density at radius 1 is 0.886 bits per heavy atom. The van der Waals surface area contributed by atoms with Crippen LogP contribution in [0.5, 0.6) is 5.75 Å². The summed E-state index contributed by atoms with van der Waals surface area (Å²) < 4.78 is 5.78. The Kier molecular flexibility index (Phi) is 9.03. The normalized spacial score (nSPS) is 19.6. The largest absolute Gasteiger partial charge is 0.481 e. The number of benzene rings is 2. The van der Waals surface area contributed by atoms with E-state index in [2.05, 4.69) is 44.8 Å². The quantitative estimate of drug-likeness (QED) is 0.322. The van der Waals surface area contributed by atoms with Crippen molar-refractivity contribution >= 4 is 58.0 Å². The fourth-order valence-electron chi connectivity index (χ4n) is 6.76. The molecule has 1 aliphatic heterocycles. The van der Waals surface area contributed by atoms with Crippen LogP contribution in [-0.4, -0.2) is 35.5 Å². The van der Waals surface area contributed by atoms with Gasteiger partial charge in [0.15, 0.2) is 23.9 Å². The number of allylic oxidation sites excluding steroid dienone is 4. The number of nitrogens with one attached hydrogen (secondary N) is 1. The maximum Gasteiger partial charge on any atom is 0.262 e. The second kappa shape index (κ2) is 12.2. The Morgan fingerprint density at radius 3 is 1.93 bits per heavy atom. The molecule has 2 aliphatic carbocycles. The molecule has 1 heterocycles. The van der Waals surface area contributed by atoms with Gasteiger partial charge in [-0.2, -0.15) is 0 Å². The number of ether oxygens (including phenoxy) is 1. The van der Waals surface area contributed by atoms with Crippen molar-refractivity contribution < 1.29 is 19.1 Å². The van der Waals surface area contributed by atoms with Crippen molar-refractivity contribution in [2.24, 2.45) is 10.8 Å². The van der Waals surface area contributed by atoms with Crippen LogP contribution in [0.15, 0.2) is 52.9 Å². The summed E-state index contributed by atoms with van der Waals surface area (Å²) in [7, 11) is 0. The summed E-state index contributed by atoms with van der Waals surface area (Å²) in [5.41, 5.74) is 5.06. The highest BCUT2D eigenvalue weighted by Crippen LogP contribution is 2.55. The topological polar surface area (TPSA) is 75.7 Å². The van der Waals surface area contributed by atoms with Gasteiger partial charge in [-0.15, -0.1) is 0 Å². The zero-order valence-electron chi connectivity index (χ0n) is 26.1. The number of halogens is 3. The van der Waals surface area contributed by atoms with Gasteiger partial charge in [0.1, 0.15) is 0 Å². The first-order chi connectivity index (χ1) is 20.6. The first-order valence-electron chi connectivity index (χ1n) is 15.1. The average molecular weight is 658 g/mol. The van der Waals surface area contributed by atoms with Crippen molar-refractivity contribution in [2.75, 3.05) is 18.5 Å². The lowest BCUT2D eigenvalue weighted by Crippen LogP contribution is -2.44. The number of nitrogens with zero attached hydrogens (tertiary/aromatic N) is 1. The Hall–Kier alpha value is -2.80. The molecule has 3 aliphatic rings. The number of rotatable bonds is 7. The molecule has 44 heavy (non-hydrogen) atoms. The van der Waals surface area contributed by atoms with Crippen LogP contribution < -0.4 is 10.1 Å². The molecule has 2 aromatic carbocycles. The van der Waals surface area contributed by atoms with E-state index in [1.807, 2.05) is 13.0 Å². The highest BCUT2D eigenvalue weighted by atomic mass is 35.5. The zero-order valence-corrected chi connectivity index (χ0v) is 28.4. The maximum atomic E-state index is 13.9. The van der Waals surface area contributed by atoms with E-state index in [9.17, 15) is 14.4 Å². The molecule has 0 fully saturated rings. The van der Waals surface area contributed by atoms with Gasteiger partial charge < -0.3 is 15.0 Å². The second-order valence-electron chi connectivity index (χ2n) is 13.8. The fraction of sp³-hybridized carbons (Fsp3) is 0.457. The van der Waals surface area contributed by atoms with Crippen LogP contribution in [0.2, 0.25) is 15.1 Å². The fourth-order valence-corrected chi connectivity index (χ4v) is 7.56. The molecule has 0 aromatic heterocycles. The molecule has 0 spiro atoms. The summed E-state index contributed by atoms with van der Waals surface area (Å²) in [6.45, 7) is 12.9. The van der Waals surface area contributed by atoms with Gasteiger partial charge in [-0.1, -0.05) is 75.5 Å². The van der Waals surface area contributed by atoms with E-state index in [0.717, 1.165) is 42.8 Å². The van der Waals surface area contributed by atoms with E-state index in [1.165, 1.54) is 0 Å². The smallest absolute Gasteiger partial charge is 0.262 e. The molecule has 1 amide bonds. The van der Waals surface area contributed by atoms with Gasteiger partial charge in [0, 0.05) is 58.6 Å². The Bertz CT molecular complexity index is 1540. The van der Waals surface area contributed by atoms with E-state index in [4.69, 9.17) is 39.5 Å². The van der Waals surface area contributed by atoms with Gasteiger partial charge in [-0.25, -0.2) is 0 Å². The summed E-state index contributed by atoms with van der Waals surface area (Å²) in [6.07, 6.45) is 3.15. The maximum absolute atomic E-state index is 13.9. The van der Waals surface area contributed by atoms with E-state index >= 15 is 0 Å². The minimum Gasteiger partial charge on any atom is -0.481 e. The van der Waals surface area contributed by atoms with Gasteiger partial charge in [-0.05, 0) is 72.4 Å². The van der Waals surface area contributed by atoms with Gasteiger partial charge in [-0.3, -0.25) is 14.4 Å². The van der Waals surface area contributed by atoms with E-state index < -0.39 is 11.8 Å². The van der Waals surface area contributed by atoms with Gasteiger partial charge in [0.25, 0.3) is 5.91 Å². The first kappa shape index (κ1) is 32.6. The van der Waals surface area contributed by atoms with E-state index in [-0.39, 0.29) is 44.8 Å². The van der Waals surface area contributed by atoms with Crippen molar-refractivity contribution in [2.45, 2.75) is 79.6 Å². The highest BCUT2D eigenvalue weighted by Gasteiger charge is 2.49. The molecular formula is C35H39Cl3N2O4. The van der Waals surface area contributed by atoms with E-state index in [0.29, 0.717) is 40.3 Å². The molecule has 9 heteroatoms. The molecule has 1 N–H and O–H groups in total. The van der Waals surface area contributed by atoms with Crippen molar-refractivity contribution in [1.82, 2.24) is 4.90 Å². The van der Waals surface area contributed by atoms with Crippen LogP contribution >= 0.6 is 34.8 Å². The van der Waals surface area contributed by atoms with Crippen LogP contribution in [0.1, 0.15) is 83.8 Å². The monoisotopic (exact) mass is 656 g/mol. The molecule has 2 aromatic rings. The third-order valence-corrected chi connectivity index (χ3v) is 9.59. The number of Topliss-reactive ketones (excluding diaryl/α,β-unsaturated/α-hetero) is 2. The third-order valence-electron chi connectivity index (χ3n) is 8.63. The third kappa shape index (κ3) is 6.45. The Balaban J connectivity index is 1.52. The molecule has 0 radical (unpaired) electrons. The van der Waals surface area contributed by atoms with Crippen LogP contribution in [0.4, 0.5) is 5.69 Å². The summed E-state index contributed by atoms with van der Waals surface area (Å²) in [5.74, 6) is -0.717. The van der Waals surface area contributed by atoms with Crippen LogP contribution in [-0.2, 0) is 14.4 Å². The number of anilines is 1. The molecule has 0 bridgehead atoms. The lowest BCUT2D eigenvalue weighted by Gasteiger charge is -2.49. The van der Waals surface area contributed by atoms with Crippen molar-refractivity contribution in [3.63, 3.8) is 0 Å². The average Bonchev–Trinajstić information content (AvgIpc) is 2.89. The standard InChI is InChI=1S/C35H39Cl3N2O4/c1-7-10-40-25-14-34(3,4)16-27(41)31(25)30(32-26(40)15-35(5,6)17-28(32)42)20-11-23(37)33(24(38)12-20)44-18-29(43)39-21-9-8-19(2)22(36)13-21/h8-9,11-13,30H,7,10,14-18H2,1-6H3,(H,39,43). The minimum atomic E-state index is -0.570. The van der Waals surface area contributed by atoms with Gasteiger partial charge in [0.05, 0.1) is 10.0 Å². The molecule has 0 saturated carbocycles. The number of carbonyl (C=O) groups excluding carboxylic acids is 3. The molecule has 0 atom stereocenters. The lowest BCUT2D eigenvalue weighted by molar-refractivity contribution is -0.120. The molecule has 0 unspecified atom stereocenters. The summed E-state index contributed by atoms with van der Waals surface area (Å²) in [4.78, 5) is 42.8. The van der Waals surface area contributed by atoms with E-state index in [1.54, 1.807) is 24.3 Å². The van der Waals surface area contributed by atoms with Crippen molar-refractivity contribution in [3.05, 3.63) is 79.1 Å². The predicted octanol–water partition coefficient (Wildman–Crippen LogP) is 9.07. The van der Waals surface area contributed by atoms with Crippen molar-refractivity contribution in [1.29, 1.82) is 0 Å². The SMILES string of the molecule is CCCN1C2=C(C(=O)CC(C)(C)C2)C(c2cc(Cl)c(OCC(=O)Nc3ccc(C)c(Cl)c3)c(Cl)c2)C2=C1CC(C)(C)CC2=O. The summed E-state index contributed by atoms with van der Waals surface area (Å²) in [6, 6.07) is 8.68. The van der Waals surface area contributed by atoms with Gasteiger partial charge >= 0.3 is 0 Å². The Morgan fingerprint density at radius 2 is 1.43 bits per heavy atom. The Labute approximate surface area is 274 Å². The molecule has 5 rings (SSSR count). The zero-order chi connectivity index (χ0) is 32.1. The summed E-state index contributed by atoms with van der Waals surface area (Å²) >= 11 is 19.7. The number of hydrogen-bond donors (Lipinski definition) is 1. The van der Waals surface area contributed by atoms with Crippen molar-refractivity contribution in [3.8, 4) is 5.75 Å².